The zero-order chi connectivity index (χ0) is 24.7. The summed E-state index contributed by atoms with van der Waals surface area (Å²) in [6.45, 7) is 1.55. The molecule has 0 aliphatic carbocycles. The molecular formula is C22H19ClF4N4O3. The molecule has 1 heterocycles. The second kappa shape index (κ2) is 11.0. The van der Waals surface area contributed by atoms with Crippen LogP contribution in [0.3, 0.4) is 0 Å². The molecule has 0 bridgehead atoms. The minimum Gasteiger partial charge on any atom is -0.490 e. The predicted molar refractivity (Wildman–Crippen MR) is 116 cm³/mol. The number of aromatic nitrogens is 2. The molecule has 7 nitrogen and oxygen atoms in total. The van der Waals surface area contributed by atoms with E-state index in [0.29, 0.717) is 23.7 Å². The number of alkyl halides is 3. The van der Waals surface area contributed by atoms with Gasteiger partial charge in [0.05, 0.1) is 17.8 Å². The van der Waals surface area contributed by atoms with E-state index in [1.165, 1.54) is 18.3 Å². The van der Waals surface area contributed by atoms with Crippen LogP contribution < -0.4 is 14.9 Å². The zero-order valence-corrected chi connectivity index (χ0v) is 18.5. The fraction of sp³-hybridized carbons (Fsp3) is 0.227. The maximum atomic E-state index is 14.0. The van der Waals surface area contributed by atoms with Gasteiger partial charge in [0.25, 0.3) is 5.91 Å². The van der Waals surface area contributed by atoms with Crippen molar-refractivity contribution in [2.24, 2.45) is 5.10 Å². The smallest absolute Gasteiger partial charge is 0.435 e. The fourth-order valence-electron chi connectivity index (χ4n) is 2.77. The molecule has 0 unspecified atom stereocenters. The van der Waals surface area contributed by atoms with E-state index in [1.54, 1.807) is 31.2 Å². The van der Waals surface area contributed by atoms with Crippen molar-refractivity contribution in [2.75, 3.05) is 6.61 Å². The molecule has 1 amide bonds. The Kier molecular flexibility index (Phi) is 8.11. The van der Waals surface area contributed by atoms with Crippen LogP contribution in [0.5, 0.6) is 11.5 Å². The topological polar surface area (TPSA) is 77.7 Å². The van der Waals surface area contributed by atoms with E-state index >= 15 is 0 Å². The maximum Gasteiger partial charge on any atom is 0.435 e. The summed E-state index contributed by atoms with van der Waals surface area (Å²) in [5.41, 5.74) is 1.87. The number of carbonyl (C=O) groups excluding carboxylic acids is 1. The van der Waals surface area contributed by atoms with Crippen molar-refractivity contribution >= 4 is 23.7 Å². The second-order valence-corrected chi connectivity index (χ2v) is 7.22. The van der Waals surface area contributed by atoms with Gasteiger partial charge in [0.15, 0.2) is 17.2 Å². The Hall–Kier alpha value is -3.60. The van der Waals surface area contributed by atoms with Gasteiger partial charge in [-0.3, -0.25) is 9.48 Å². The van der Waals surface area contributed by atoms with Gasteiger partial charge >= 0.3 is 6.18 Å². The van der Waals surface area contributed by atoms with Crippen LogP contribution in [-0.4, -0.2) is 28.5 Å². The Morgan fingerprint density at radius 1 is 1.21 bits per heavy atom. The van der Waals surface area contributed by atoms with Crippen molar-refractivity contribution in [3.63, 3.8) is 0 Å². The van der Waals surface area contributed by atoms with Gasteiger partial charge in [-0.05, 0) is 48.9 Å². The van der Waals surface area contributed by atoms with Crippen molar-refractivity contribution in [3.8, 4) is 11.5 Å². The molecule has 0 radical (unpaired) electrons. The standard InChI is InChI=1S/C22H19ClF4N4O3/c1-2-33-19-10-14(6-7-18(19)34-13-15-16(23)4-3-5-17(15)24)11-28-29-21(32)12-31-9-8-20(30-31)22(25,26)27/h3-11H,2,12-13H2,1H3,(H,29,32)/b28-11+. The van der Waals surface area contributed by atoms with Crippen LogP contribution in [0, 0.1) is 5.82 Å². The summed E-state index contributed by atoms with van der Waals surface area (Å²) < 4.78 is 63.8. The molecule has 1 N–H and O–H groups in total. The summed E-state index contributed by atoms with van der Waals surface area (Å²) in [4.78, 5) is 11.9. The summed E-state index contributed by atoms with van der Waals surface area (Å²) >= 11 is 6.02. The predicted octanol–water partition coefficient (Wildman–Crippen LogP) is 4.82. The quantitative estimate of drug-likeness (QED) is 0.261. The van der Waals surface area contributed by atoms with Crippen LogP contribution in [0.15, 0.2) is 53.8 Å². The molecule has 0 saturated carbocycles. The minimum atomic E-state index is -4.59. The molecule has 0 aliphatic heterocycles. The molecular weight excluding hydrogens is 480 g/mol. The van der Waals surface area contributed by atoms with Gasteiger partial charge < -0.3 is 9.47 Å². The lowest BCUT2D eigenvalue weighted by Gasteiger charge is -2.13. The van der Waals surface area contributed by atoms with E-state index in [2.05, 4.69) is 15.6 Å². The molecule has 0 spiro atoms. The molecule has 0 aliphatic rings. The van der Waals surface area contributed by atoms with Crippen LogP contribution in [0.2, 0.25) is 5.02 Å². The van der Waals surface area contributed by atoms with E-state index in [4.69, 9.17) is 21.1 Å². The third-order valence-electron chi connectivity index (χ3n) is 4.34. The zero-order valence-electron chi connectivity index (χ0n) is 17.8. The summed E-state index contributed by atoms with van der Waals surface area (Å²) in [5, 5.41) is 7.32. The van der Waals surface area contributed by atoms with Crippen molar-refractivity contribution in [2.45, 2.75) is 26.3 Å². The molecule has 3 rings (SSSR count). The van der Waals surface area contributed by atoms with Crippen LogP contribution in [-0.2, 0) is 24.1 Å². The lowest BCUT2D eigenvalue weighted by Crippen LogP contribution is -2.23. The number of hydrogen-bond acceptors (Lipinski definition) is 5. The Labute approximate surface area is 196 Å². The van der Waals surface area contributed by atoms with Gasteiger partial charge in [-0.1, -0.05) is 17.7 Å². The van der Waals surface area contributed by atoms with E-state index in [-0.39, 0.29) is 17.2 Å². The van der Waals surface area contributed by atoms with E-state index in [0.717, 1.165) is 16.9 Å². The largest absolute Gasteiger partial charge is 0.490 e. The normalized spacial score (nSPS) is 11.6. The number of hydrogen-bond donors (Lipinski definition) is 1. The molecule has 2 aromatic carbocycles. The number of nitrogens with one attached hydrogen (secondary N) is 1. The number of amides is 1. The first-order chi connectivity index (χ1) is 16.2. The van der Waals surface area contributed by atoms with Gasteiger partial charge in [0, 0.05) is 11.8 Å². The molecule has 0 atom stereocenters. The van der Waals surface area contributed by atoms with Gasteiger partial charge in [-0.2, -0.15) is 23.4 Å². The number of hydrazone groups is 1. The van der Waals surface area contributed by atoms with Gasteiger partial charge in [0.1, 0.15) is 19.0 Å². The average Bonchev–Trinajstić information content (AvgIpc) is 3.24. The second-order valence-electron chi connectivity index (χ2n) is 6.82. The van der Waals surface area contributed by atoms with Crippen LogP contribution in [0.25, 0.3) is 0 Å². The molecule has 0 saturated heterocycles. The van der Waals surface area contributed by atoms with Gasteiger partial charge in [0.2, 0.25) is 0 Å². The lowest BCUT2D eigenvalue weighted by molar-refractivity contribution is -0.141. The maximum absolute atomic E-state index is 14.0. The molecule has 12 heteroatoms. The highest BCUT2D eigenvalue weighted by molar-refractivity contribution is 6.31. The Morgan fingerprint density at radius 2 is 2.00 bits per heavy atom. The van der Waals surface area contributed by atoms with Crippen LogP contribution in [0.4, 0.5) is 17.6 Å². The van der Waals surface area contributed by atoms with Crippen LogP contribution >= 0.6 is 11.6 Å². The number of benzene rings is 2. The summed E-state index contributed by atoms with van der Waals surface area (Å²) in [6, 6.07) is 9.92. The van der Waals surface area contributed by atoms with Crippen molar-refractivity contribution in [3.05, 3.63) is 76.3 Å². The number of carbonyl (C=O) groups is 1. The van der Waals surface area contributed by atoms with Crippen molar-refractivity contribution < 1.29 is 31.8 Å². The Balaban J connectivity index is 1.61. The molecule has 0 fully saturated rings. The first-order valence-corrected chi connectivity index (χ1v) is 10.3. The van der Waals surface area contributed by atoms with Gasteiger partial charge in [-0.15, -0.1) is 0 Å². The first kappa shape index (κ1) is 25.0. The number of rotatable bonds is 9. The number of ether oxygens (including phenoxy) is 2. The molecule has 1 aromatic heterocycles. The highest BCUT2D eigenvalue weighted by atomic mass is 35.5. The summed E-state index contributed by atoms with van der Waals surface area (Å²) in [7, 11) is 0. The number of nitrogens with zero attached hydrogens (tertiary/aromatic N) is 3. The van der Waals surface area contributed by atoms with E-state index in [1.807, 2.05) is 0 Å². The Bertz CT molecular complexity index is 1160. The van der Waals surface area contributed by atoms with Crippen molar-refractivity contribution in [1.82, 2.24) is 15.2 Å². The highest BCUT2D eigenvalue weighted by Gasteiger charge is 2.33. The van der Waals surface area contributed by atoms with Crippen molar-refractivity contribution in [1.29, 1.82) is 0 Å². The molecule has 180 valence electrons. The summed E-state index contributed by atoms with van der Waals surface area (Å²) in [6.07, 6.45) is -2.22. The molecule has 3 aromatic rings. The SMILES string of the molecule is CCOc1cc(/C=N/NC(=O)Cn2ccc(C(F)(F)F)n2)ccc1OCc1c(F)cccc1Cl. The van der Waals surface area contributed by atoms with Crippen LogP contribution in [0.1, 0.15) is 23.7 Å². The average molecular weight is 499 g/mol. The van der Waals surface area contributed by atoms with E-state index < -0.39 is 30.1 Å². The highest BCUT2D eigenvalue weighted by Crippen LogP contribution is 2.30. The van der Waals surface area contributed by atoms with Gasteiger partial charge in [-0.25, -0.2) is 9.82 Å². The third-order valence-corrected chi connectivity index (χ3v) is 4.69. The summed E-state index contributed by atoms with van der Waals surface area (Å²) in [5.74, 6) is -0.447. The number of halogens is 5. The minimum absolute atomic E-state index is 0.113. The lowest BCUT2D eigenvalue weighted by atomic mass is 10.2. The Morgan fingerprint density at radius 3 is 2.68 bits per heavy atom. The fourth-order valence-corrected chi connectivity index (χ4v) is 2.99. The molecule has 34 heavy (non-hydrogen) atoms. The third kappa shape index (κ3) is 6.70. The van der Waals surface area contributed by atoms with E-state index in [9.17, 15) is 22.4 Å². The monoisotopic (exact) mass is 498 g/mol. The first-order valence-electron chi connectivity index (χ1n) is 9.92.